The highest BCUT2D eigenvalue weighted by Gasteiger charge is 2.35. The highest BCUT2D eigenvalue weighted by atomic mass is 16.2. The molecule has 0 spiro atoms. The van der Waals surface area contributed by atoms with E-state index < -0.39 is 0 Å². The van der Waals surface area contributed by atoms with Crippen LogP contribution >= 0.6 is 0 Å². The van der Waals surface area contributed by atoms with Gasteiger partial charge in [-0.15, -0.1) is 0 Å². The van der Waals surface area contributed by atoms with Crippen molar-refractivity contribution >= 4 is 17.6 Å². The lowest BCUT2D eigenvalue weighted by atomic mass is 10.2. The first kappa shape index (κ1) is 13.9. The van der Waals surface area contributed by atoms with Crippen LogP contribution in [0.1, 0.15) is 18.4 Å². The molecule has 5 nitrogen and oxygen atoms in total. The molecule has 0 unspecified atom stereocenters. The normalized spacial score (nSPS) is 18.5. The molecule has 3 amide bonds. The third kappa shape index (κ3) is 3.35. The molecule has 1 saturated heterocycles. The third-order valence-electron chi connectivity index (χ3n) is 4.07. The van der Waals surface area contributed by atoms with Gasteiger partial charge in [-0.1, -0.05) is 12.1 Å². The van der Waals surface area contributed by atoms with E-state index in [4.69, 9.17) is 0 Å². The van der Waals surface area contributed by atoms with Crippen LogP contribution in [0.25, 0.3) is 0 Å². The molecule has 1 aliphatic carbocycles. The minimum Gasteiger partial charge on any atom is -0.339 e. The number of hydrogen-bond acceptors (Lipinski definition) is 2. The summed E-state index contributed by atoms with van der Waals surface area (Å²) in [5.41, 5.74) is 1.93. The minimum absolute atomic E-state index is 0.0841. The van der Waals surface area contributed by atoms with Crippen LogP contribution in [0.4, 0.5) is 10.5 Å². The Morgan fingerprint density at radius 3 is 2.38 bits per heavy atom. The molecule has 21 heavy (non-hydrogen) atoms. The monoisotopic (exact) mass is 287 g/mol. The van der Waals surface area contributed by atoms with Gasteiger partial charge in [0.2, 0.25) is 5.91 Å². The Morgan fingerprint density at radius 1 is 1.10 bits per heavy atom. The van der Waals surface area contributed by atoms with Crippen molar-refractivity contribution in [3.8, 4) is 0 Å². The van der Waals surface area contributed by atoms with Crippen LogP contribution in [0.2, 0.25) is 0 Å². The number of carbonyl (C=O) groups is 2. The fourth-order valence-electron chi connectivity index (χ4n) is 2.64. The fraction of sp³-hybridized carbons (Fsp3) is 0.500. The van der Waals surface area contributed by atoms with Gasteiger partial charge in [-0.05, 0) is 37.5 Å². The van der Waals surface area contributed by atoms with Crippen LogP contribution < -0.4 is 5.32 Å². The van der Waals surface area contributed by atoms with Crippen LogP contribution in [-0.4, -0.2) is 47.9 Å². The van der Waals surface area contributed by atoms with Crippen molar-refractivity contribution in [3.63, 3.8) is 0 Å². The molecule has 0 atom stereocenters. The van der Waals surface area contributed by atoms with Gasteiger partial charge in [0.1, 0.15) is 0 Å². The average Bonchev–Trinajstić information content (AvgIpc) is 3.31. The molecule has 2 fully saturated rings. The molecular formula is C16H21N3O2. The van der Waals surface area contributed by atoms with E-state index in [0.29, 0.717) is 26.2 Å². The molecule has 1 aliphatic heterocycles. The van der Waals surface area contributed by atoms with E-state index in [9.17, 15) is 9.59 Å². The summed E-state index contributed by atoms with van der Waals surface area (Å²) >= 11 is 0. The summed E-state index contributed by atoms with van der Waals surface area (Å²) < 4.78 is 0. The molecule has 1 saturated carbocycles. The first-order valence-corrected chi connectivity index (χ1v) is 7.55. The van der Waals surface area contributed by atoms with Gasteiger partial charge < -0.3 is 15.1 Å². The lowest BCUT2D eigenvalue weighted by molar-refractivity contribution is -0.133. The molecule has 0 aromatic heterocycles. The predicted molar refractivity (Wildman–Crippen MR) is 81.1 cm³/mol. The van der Waals surface area contributed by atoms with Crippen molar-refractivity contribution in [2.75, 3.05) is 31.5 Å². The van der Waals surface area contributed by atoms with Crippen molar-refractivity contribution in [3.05, 3.63) is 29.8 Å². The van der Waals surface area contributed by atoms with Crippen LogP contribution in [0.15, 0.2) is 24.3 Å². The van der Waals surface area contributed by atoms with E-state index in [-0.39, 0.29) is 17.9 Å². The van der Waals surface area contributed by atoms with Crippen LogP contribution in [0, 0.1) is 12.8 Å². The van der Waals surface area contributed by atoms with Gasteiger partial charge in [0.05, 0.1) is 0 Å². The number of piperazine rings is 1. The smallest absolute Gasteiger partial charge is 0.321 e. The number of anilines is 1. The summed E-state index contributed by atoms with van der Waals surface area (Å²) in [5.74, 6) is 0.534. The summed E-state index contributed by atoms with van der Waals surface area (Å²) in [6, 6.07) is 7.68. The lowest BCUT2D eigenvalue weighted by Crippen LogP contribution is -2.52. The molecule has 3 rings (SSSR count). The first-order chi connectivity index (χ1) is 10.1. The number of carbonyl (C=O) groups excluding carboxylic acids is 2. The number of nitrogens with one attached hydrogen (secondary N) is 1. The second-order valence-electron chi connectivity index (χ2n) is 5.89. The largest absolute Gasteiger partial charge is 0.339 e. The zero-order valence-electron chi connectivity index (χ0n) is 12.3. The van der Waals surface area contributed by atoms with Crippen LogP contribution in [-0.2, 0) is 4.79 Å². The van der Waals surface area contributed by atoms with E-state index in [1.54, 1.807) is 4.90 Å². The fourth-order valence-corrected chi connectivity index (χ4v) is 2.64. The highest BCUT2D eigenvalue weighted by Crippen LogP contribution is 2.31. The molecule has 1 aromatic carbocycles. The number of urea groups is 1. The van der Waals surface area contributed by atoms with Gasteiger partial charge in [0, 0.05) is 37.8 Å². The summed E-state index contributed by atoms with van der Waals surface area (Å²) in [7, 11) is 0. The van der Waals surface area contributed by atoms with Gasteiger partial charge in [-0.25, -0.2) is 4.79 Å². The Hall–Kier alpha value is -2.04. The molecule has 2 aliphatic rings. The van der Waals surface area contributed by atoms with Crippen molar-refractivity contribution in [2.24, 2.45) is 5.92 Å². The summed E-state index contributed by atoms with van der Waals surface area (Å²) in [6.45, 7) is 4.51. The Labute approximate surface area is 124 Å². The number of nitrogens with zero attached hydrogens (tertiary/aromatic N) is 2. The number of amides is 3. The lowest BCUT2D eigenvalue weighted by Gasteiger charge is -2.34. The van der Waals surface area contributed by atoms with E-state index in [1.807, 2.05) is 36.1 Å². The Bertz CT molecular complexity index is 546. The number of aryl methyl sites for hydroxylation is 1. The summed E-state index contributed by atoms with van der Waals surface area (Å²) in [6.07, 6.45) is 2.07. The van der Waals surface area contributed by atoms with E-state index in [0.717, 1.165) is 24.1 Å². The van der Waals surface area contributed by atoms with Gasteiger partial charge in [0.15, 0.2) is 0 Å². The molecule has 112 valence electrons. The summed E-state index contributed by atoms with van der Waals surface area (Å²) in [4.78, 5) is 27.9. The molecule has 1 heterocycles. The van der Waals surface area contributed by atoms with Crippen molar-refractivity contribution in [1.82, 2.24) is 9.80 Å². The zero-order chi connectivity index (χ0) is 14.8. The van der Waals surface area contributed by atoms with E-state index >= 15 is 0 Å². The highest BCUT2D eigenvalue weighted by molar-refractivity contribution is 5.89. The number of benzene rings is 1. The van der Waals surface area contributed by atoms with Gasteiger partial charge >= 0.3 is 6.03 Å². The topological polar surface area (TPSA) is 52.7 Å². The predicted octanol–water partition coefficient (Wildman–Crippen LogP) is 2.08. The summed E-state index contributed by atoms with van der Waals surface area (Å²) in [5, 5.41) is 2.92. The third-order valence-corrected chi connectivity index (χ3v) is 4.07. The Balaban J connectivity index is 1.51. The van der Waals surface area contributed by atoms with Crippen molar-refractivity contribution < 1.29 is 9.59 Å². The van der Waals surface area contributed by atoms with Crippen LogP contribution in [0.3, 0.4) is 0 Å². The van der Waals surface area contributed by atoms with Crippen LogP contribution in [0.5, 0.6) is 0 Å². The zero-order valence-corrected chi connectivity index (χ0v) is 12.3. The molecule has 1 N–H and O–H groups in total. The molecule has 0 radical (unpaired) electrons. The van der Waals surface area contributed by atoms with Gasteiger partial charge in [-0.3, -0.25) is 4.79 Å². The first-order valence-electron chi connectivity index (χ1n) is 7.55. The SMILES string of the molecule is Cc1cccc(NC(=O)N2CCN(C(=O)C3CC3)CC2)c1. The second-order valence-corrected chi connectivity index (χ2v) is 5.89. The average molecular weight is 287 g/mol. The maximum absolute atomic E-state index is 12.2. The second kappa shape index (κ2) is 5.76. The maximum Gasteiger partial charge on any atom is 0.321 e. The van der Waals surface area contributed by atoms with E-state index in [2.05, 4.69) is 5.32 Å². The maximum atomic E-state index is 12.2. The Morgan fingerprint density at radius 2 is 1.76 bits per heavy atom. The quantitative estimate of drug-likeness (QED) is 0.905. The molecule has 0 bridgehead atoms. The van der Waals surface area contributed by atoms with E-state index in [1.165, 1.54) is 0 Å². The Kier molecular flexibility index (Phi) is 3.82. The molecule has 5 heteroatoms. The molecular weight excluding hydrogens is 266 g/mol. The number of rotatable bonds is 2. The molecule has 1 aromatic rings. The number of hydrogen-bond donors (Lipinski definition) is 1. The van der Waals surface area contributed by atoms with Gasteiger partial charge in [-0.2, -0.15) is 0 Å². The van der Waals surface area contributed by atoms with Crippen molar-refractivity contribution in [2.45, 2.75) is 19.8 Å². The standard InChI is InChI=1S/C16H21N3O2/c1-12-3-2-4-14(11-12)17-16(21)19-9-7-18(8-10-19)15(20)13-5-6-13/h2-4,11,13H,5-10H2,1H3,(H,17,21). The van der Waals surface area contributed by atoms with Gasteiger partial charge in [0.25, 0.3) is 0 Å². The van der Waals surface area contributed by atoms with Crippen molar-refractivity contribution in [1.29, 1.82) is 0 Å². The minimum atomic E-state index is -0.0841.